The molecular formula is C17H14ClFO2. The molecule has 2 rings (SSSR count). The lowest BCUT2D eigenvalue weighted by Gasteiger charge is -2.07. The van der Waals surface area contributed by atoms with Gasteiger partial charge in [-0.1, -0.05) is 41.6 Å². The molecule has 0 aliphatic rings. The summed E-state index contributed by atoms with van der Waals surface area (Å²) in [5, 5.41) is 9.30. The second-order valence-corrected chi connectivity index (χ2v) is 4.80. The van der Waals surface area contributed by atoms with Crippen molar-refractivity contribution in [3.05, 3.63) is 70.0 Å². The summed E-state index contributed by atoms with van der Waals surface area (Å²) < 4.78 is 19.0. The van der Waals surface area contributed by atoms with Gasteiger partial charge in [-0.05, 0) is 35.4 Å². The van der Waals surface area contributed by atoms with Gasteiger partial charge in [-0.3, -0.25) is 0 Å². The zero-order valence-electron chi connectivity index (χ0n) is 11.3. The minimum absolute atomic E-state index is 0.255. The molecule has 0 saturated heterocycles. The van der Waals surface area contributed by atoms with Gasteiger partial charge >= 0.3 is 0 Å². The molecule has 2 aromatic rings. The lowest BCUT2D eigenvalue weighted by atomic mass is 10.1. The highest BCUT2D eigenvalue weighted by atomic mass is 35.5. The van der Waals surface area contributed by atoms with Crippen LogP contribution in [0, 0.1) is 17.7 Å². The Balaban J connectivity index is 2.00. The minimum atomic E-state index is -0.379. The molecule has 0 bridgehead atoms. The van der Waals surface area contributed by atoms with Gasteiger partial charge in [-0.2, -0.15) is 0 Å². The highest BCUT2D eigenvalue weighted by Crippen LogP contribution is 2.17. The number of ether oxygens (including phenoxy) is 1. The fourth-order valence-electron chi connectivity index (χ4n) is 1.84. The van der Waals surface area contributed by atoms with Crippen LogP contribution < -0.4 is 0 Å². The number of halogens is 2. The van der Waals surface area contributed by atoms with Crippen molar-refractivity contribution < 1.29 is 14.2 Å². The lowest BCUT2D eigenvalue weighted by Crippen LogP contribution is -1.96. The number of benzene rings is 2. The average molecular weight is 305 g/mol. The predicted octanol–water partition coefficient (Wildman–Crippen LogP) is 3.54. The van der Waals surface area contributed by atoms with Crippen molar-refractivity contribution in [1.82, 2.24) is 0 Å². The Morgan fingerprint density at radius 3 is 2.71 bits per heavy atom. The van der Waals surface area contributed by atoms with Crippen LogP contribution in [0.4, 0.5) is 4.39 Å². The van der Waals surface area contributed by atoms with Crippen LogP contribution in [0.1, 0.15) is 16.7 Å². The van der Waals surface area contributed by atoms with Crippen molar-refractivity contribution in [3.8, 4) is 11.8 Å². The standard InChI is InChI=1S/C17H14ClFO2/c18-17-6-2-1-5-15(17)12-21-11-14-8-13(4-3-7-20)9-16(19)10-14/h1-2,5-6,8-10,20H,7,11-12H2. The number of aliphatic hydroxyl groups excluding tert-OH is 1. The molecular weight excluding hydrogens is 291 g/mol. The van der Waals surface area contributed by atoms with Gasteiger partial charge in [-0.25, -0.2) is 4.39 Å². The maximum Gasteiger partial charge on any atom is 0.124 e. The Labute approximate surface area is 128 Å². The van der Waals surface area contributed by atoms with E-state index in [1.165, 1.54) is 12.1 Å². The van der Waals surface area contributed by atoms with Crippen LogP contribution in [0.25, 0.3) is 0 Å². The second-order valence-electron chi connectivity index (χ2n) is 4.39. The van der Waals surface area contributed by atoms with Gasteiger partial charge in [0.15, 0.2) is 0 Å². The van der Waals surface area contributed by atoms with Crippen molar-refractivity contribution in [1.29, 1.82) is 0 Å². The Morgan fingerprint density at radius 2 is 1.95 bits per heavy atom. The maximum absolute atomic E-state index is 13.5. The SMILES string of the molecule is OCC#Cc1cc(F)cc(COCc2ccccc2Cl)c1. The first kappa shape index (κ1) is 15.5. The van der Waals surface area contributed by atoms with Crippen molar-refractivity contribution in [3.63, 3.8) is 0 Å². The summed E-state index contributed by atoms with van der Waals surface area (Å²) in [7, 11) is 0. The van der Waals surface area contributed by atoms with E-state index >= 15 is 0 Å². The Bertz CT molecular complexity index is 674. The first-order chi connectivity index (χ1) is 10.2. The molecule has 0 unspecified atom stereocenters. The quantitative estimate of drug-likeness (QED) is 0.876. The third-order valence-electron chi connectivity index (χ3n) is 2.75. The van der Waals surface area contributed by atoms with Gasteiger partial charge in [0.2, 0.25) is 0 Å². The van der Waals surface area contributed by atoms with Crippen LogP contribution in [-0.2, 0) is 18.0 Å². The molecule has 0 atom stereocenters. The van der Waals surface area contributed by atoms with Crippen LogP contribution in [0.3, 0.4) is 0 Å². The summed E-state index contributed by atoms with van der Waals surface area (Å²) in [6.45, 7) is 0.361. The molecule has 108 valence electrons. The molecule has 0 saturated carbocycles. The zero-order valence-corrected chi connectivity index (χ0v) is 12.0. The van der Waals surface area contributed by atoms with Gasteiger partial charge in [0.05, 0.1) is 13.2 Å². The summed E-state index contributed by atoms with van der Waals surface area (Å²) >= 11 is 6.03. The predicted molar refractivity (Wildman–Crippen MR) is 80.3 cm³/mol. The molecule has 0 fully saturated rings. The number of hydrogen-bond acceptors (Lipinski definition) is 2. The van der Waals surface area contributed by atoms with E-state index in [4.69, 9.17) is 21.4 Å². The monoisotopic (exact) mass is 304 g/mol. The summed E-state index contributed by atoms with van der Waals surface area (Å²) in [4.78, 5) is 0. The minimum Gasteiger partial charge on any atom is -0.384 e. The fourth-order valence-corrected chi connectivity index (χ4v) is 2.03. The summed E-state index contributed by atoms with van der Waals surface area (Å²) in [5.41, 5.74) is 2.08. The molecule has 21 heavy (non-hydrogen) atoms. The number of hydrogen-bond donors (Lipinski definition) is 1. The number of aliphatic hydroxyl groups is 1. The fraction of sp³-hybridized carbons (Fsp3) is 0.176. The molecule has 0 aliphatic carbocycles. The van der Waals surface area contributed by atoms with E-state index in [2.05, 4.69) is 11.8 Å². The highest BCUT2D eigenvalue weighted by molar-refractivity contribution is 6.31. The number of rotatable bonds is 4. The van der Waals surface area contributed by atoms with Gasteiger partial charge in [-0.15, -0.1) is 0 Å². The van der Waals surface area contributed by atoms with Gasteiger partial charge in [0, 0.05) is 10.6 Å². The van der Waals surface area contributed by atoms with Crippen molar-refractivity contribution >= 4 is 11.6 Å². The molecule has 1 N–H and O–H groups in total. The van der Waals surface area contributed by atoms with E-state index in [9.17, 15) is 4.39 Å². The van der Waals surface area contributed by atoms with E-state index in [1.807, 2.05) is 18.2 Å². The Kier molecular flexibility index (Phi) is 5.77. The third-order valence-corrected chi connectivity index (χ3v) is 3.12. The van der Waals surface area contributed by atoms with Crippen molar-refractivity contribution in [2.75, 3.05) is 6.61 Å². The Hall–Kier alpha value is -1.86. The molecule has 0 amide bonds. The van der Waals surface area contributed by atoms with E-state index in [-0.39, 0.29) is 19.0 Å². The van der Waals surface area contributed by atoms with Crippen LogP contribution in [0.15, 0.2) is 42.5 Å². The largest absolute Gasteiger partial charge is 0.384 e. The first-order valence-electron chi connectivity index (χ1n) is 6.39. The van der Waals surface area contributed by atoms with Crippen LogP contribution in [-0.4, -0.2) is 11.7 Å². The second kappa shape index (κ2) is 7.80. The molecule has 0 spiro atoms. The molecule has 4 heteroatoms. The zero-order chi connectivity index (χ0) is 15.1. The summed E-state index contributed by atoms with van der Waals surface area (Å²) in [6.07, 6.45) is 0. The van der Waals surface area contributed by atoms with Crippen molar-refractivity contribution in [2.24, 2.45) is 0 Å². The van der Waals surface area contributed by atoms with Crippen LogP contribution in [0.5, 0.6) is 0 Å². The smallest absolute Gasteiger partial charge is 0.124 e. The van der Waals surface area contributed by atoms with Crippen LogP contribution >= 0.6 is 11.6 Å². The molecule has 0 heterocycles. The van der Waals surface area contributed by atoms with E-state index < -0.39 is 0 Å². The highest BCUT2D eigenvalue weighted by Gasteiger charge is 2.02. The maximum atomic E-state index is 13.5. The topological polar surface area (TPSA) is 29.5 Å². The van der Waals surface area contributed by atoms with Crippen LogP contribution in [0.2, 0.25) is 5.02 Å². The normalized spacial score (nSPS) is 10.0. The molecule has 2 nitrogen and oxygen atoms in total. The average Bonchev–Trinajstić information content (AvgIpc) is 2.47. The first-order valence-corrected chi connectivity index (χ1v) is 6.77. The third kappa shape index (κ3) is 4.87. The van der Waals surface area contributed by atoms with Crippen molar-refractivity contribution in [2.45, 2.75) is 13.2 Å². The molecule has 2 aromatic carbocycles. The van der Waals surface area contributed by atoms with E-state index in [1.54, 1.807) is 12.1 Å². The van der Waals surface area contributed by atoms with E-state index in [0.29, 0.717) is 22.8 Å². The molecule has 0 aromatic heterocycles. The van der Waals surface area contributed by atoms with Gasteiger partial charge < -0.3 is 9.84 Å². The summed E-state index contributed by atoms with van der Waals surface area (Å²) in [6, 6.07) is 11.9. The van der Waals surface area contributed by atoms with Gasteiger partial charge in [0.25, 0.3) is 0 Å². The van der Waals surface area contributed by atoms with Gasteiger partial charge in [0.1, 0.15) is 12.4 Å². The summed E-state index contributed by atoms with van der Waals surface area (Å²) in [5.74, 6) is 4.79. The molecule has 0 aliphatic heterocycles. The Morgan fingerprint density at radius 1 is 1.14 bits per heavy atom. The molecule has 0 radical (unpaired) electrons. The lowest BCUT2D eigenvalue weighted by molar-refractivity contribution is 0.107. The van der Waals surface area contributed by atoms with E-state index in [0.717, 1.165) is 5.56 Å².